The summed E-state index contributed by atoms with van der Waals surface area (Å²) in [7, 11) is 0. The number of hydrogen-bond donors (Lipinski definition) is 2. The summed E-state index contributed by atoms with van der Waals surface area (Å²) >= 11 is 0. The second kappa shape index (κ2) is 7.72. The molecular weight excluding hydrogens is 325 g/mol. The van der Waals surface area contributed by atoms with Gasteiger partial charge in [-0.1, -0.05) is 19.3 Å². The van der Waals surface area contributed by atoms with Gasteiger partial charge in [0.15, 0.2) is 0 Å². The van der Waals surface area contributed by atoms with E-state index in [1.165, 1.54) is 18.6 Å². The molecule has 0 unspecified atom stereocenters. The van der Waals surface area contributed by atoms with Crippen molar-refractivity contribution in [1.29, 1.82) is 0 Å². The molecule has 3 amide bonds. The number of phenols is 1. The highest BCUT2D eigenvalue weighted by Gasteiger charge is 2.27. The van der Waals surface area contributed by atoms with Gasteiger partial charge in [-0.25, -0.2) is 9.18 Å². The maximum Gasteiger partial charge on any atom is 0.317 e. The van der Waals surface area contributed by atoms with Crippen LogP contribution in [-0.2, 0) is 0 Å². The number of nitrogens with one attached hydrogen (secondary N) is 1. The summed E-state index contributed by atoms with van der Waals surface area (Å²) in [4.78, 5) is 28.0. The molecule has 1 aliphatic carbocycles. The molecule has 0 spiro atoms. The number of carbonyl (C=O) groups excluding carboxylic acids is 2. The summed E-state index contributed by atoms with van der Waals surface area (Å²) in [6, 6.07) is 3.70. The third-order valence-corrected chi connectivity index (χ3v) is 4.97. The Labute approximate surface area is 146 Å². The fourth-order valence-corrected chi connectivity index (χ4v) is 3.47. The Morgan fingerprint density at radius 1 is 1.04 bits per heavy atom. The van der Waals surface area contributed by atoms with Gasteiger partial charge in [0.2, 0.25) is 0 Å². The highest BCUT2D eigenvalue weighted by molar-refractivity contribution is 5.94. The van der Waals surface area contributed by atoms with E-state index >= 15 is 0 Å². The quantitative estimate of drug-likeness (QED) is 0.861. The molecule has 25 heavy (non-hydrogen) atoms. The number of halogens is 1. The van der Waals surface area contributed by atoms with Crippen molar-refractivity contribution >= 4 is 11.9 Å². The van der Waals surface area contributed by atoms with Gasteiger partial charge in [-0.15, -0.1) is 0 Å². The minimum absolute atomic E-state index is 0.0575. The Morgan fingerprint density at radius 2 is 1.68 bits per heavy atom. The molecule has 1 saturated heterocycles. The Hall–Kier alpha value is -2.31. The highest BCUT2D eigenvalue weighted by Crippen LogP contribution is 2.19. The normalized spacial score (nSPS) is 18.9. The van der Waals surface area contributed by atoms with E-state index < -0.39 is 11.7 Å². The summed E-state index contributed by atoms with van der Waals surface area (Å²) in [6.45, 7) is 1.61. The van der Waals surface area contributed by atoms with Crippen molar-refractivity contribution in [3.05, 3.63) is 29.6 Å². The lowest BCUT2D eigenvalue weighted by Crippen LogP contribution is -2.54. The standard InChI is InChI=1S/C18H24FN3O3/c19-16-12-14(23)6-7-15(16)17(24)21-8-10-22(11-9-21)18(25)20-13-4-2-1-3-5-13/h6-7,12-13,23H,1-5,8-11H2,(H,20,25). The molecule has 0 aromatic heterocycles. The molecular formula is C18H24FN3O3. The zero-order chi connectivity index (χ0) is 17.8. The van der Waals surface area contributed by atoms with Gasteiger partial charge in [-0.3, -0.25) is 4.79 Å². The molecule has 7 heteroatoms. The van der Waals surface area contributed by atoms with Gasteiger partial charge in [-0.05, 0) is 25.0 Å². The van der Waals surface area contributed by atoms with Gasteiger partial charge in [0.1, 0.15) is 11.6 Å². The second-order valence-corrected chi connectivity index (χ2v) is 6.73. The predicted octanol–water partition coefficient (Wildman–Crippen LogP) is 2.33. The molecule has 0 atom stereocenters. The largest absolute Gasteiger partial charge is 0.508 e. The van der Waals surface area contributed by atoms with Crippen molar-refractivity contribution in [2.24, 2.45) is 0 Å². The van der Waals surface area contributed by atoms with Gasteiger partial charge < -0.3 is 20.2 Å². The molecule has 1 aliphatic heterocycles. The average molecular weight is 349 g/mol. The fourth-order valence-electron chi connectivity index (χ4n) is 3.47. The lowest BCUT2D eigenvalue weighted by atomic mass is 9.96. The van der Waals surface area contributed by atoms with E-state index in [9.17, 15) is 19.1 Å². The third-order valence-electron chi connectivity index (χ3n) is 4.97. The summed E-state index contributed by atoms with van der Waals surface area (Å²) < 4.78 is 13.8. The molecule has 2 aliphatic rings. The molecule has 1 heterocycles. The van der Waals surface area contributed by atoms with Gasteiger partial charge >= 0.3 is 6.03 Å². The topological polar surface area (TPSA) is 72.9 Å². The van der Waals surface area contributed by atoms with Gasteiger partial charge in [0.05, 0.1) is 5.56 Å². The SMILES string of the molecule is O=C(NC1CCCCC1)N1CCN(C(=O)c2ccc(O)cc2F)CC1. The Bertz CT molecular complexity index is 638. The predicted molar refractivity (Wildman–Crippen MR) is 90.9 cm³/mol. The van der Waals surface area contributed by atoms with Crippen molar-refractivity contribution in [1.82, 2.24) is 15.1 Å². The van der Waals surface area contributed by atoms with Crippen molar-refractivity contribution in [3.63, 3.8) is 0 Å². The molecule has 6 nitrogen and oxygen atoms in total. The number of phenolic OH excluding ortho intramolecular Hbond substituents is 1. The number of carbonyl (C=O) groups is 2. The van der Waals surface area contributed by atoms with E-state index in [0.29, 0.717) is 26.2 Å². The molecule has 2 fully saturated rings. The Balaban J connectivity index is 1.52. The van der Waals surface area contributed by atoms with Crippen LogP contribution in [0.1, 0.15) is 42.5 Å². The van der Waals surface area contributed by atoms with Crippen molar-refractivity contribution in [2.45, 2.75) is 38.1 Å². The fraction of sp³-hybridized carbons (Fsp3) is 0.556. The highest BCUT2D eigenvalue weighted by atomic mass is 19.1. The van der Waals surface area contributed by atoms with Crippen molar-refractivity contribution < 1.29 is 19.1 Å². The van der Waals surface area contributed by atoms with Crippen LogP contribution in [0.2, 0.25) is 0 Å². The summed E-state index contributed by atoms with van der Waals surface area (Å²) in [5.74, 6) is -1.36. The number of nitrogens with zero attached hydrogens (tertiary/aromatic N) is 2. The van der Waals surface area contributed by atoms with Crippen LogP contribution in [-0.4, -0.2) is 59.1 Å². The molecule has 2 N–H and O–H groups in total. The van der Waals surface area contributed by atoms with Crippen LogP contribution in [0.4, 0.5) is 9.18 Å². The van der Waals surface area contributed by atoms with Crippen LogP contribution in [0.25, 0.3) is 0 Å². The van der Waals surface area contributed by atoms with Crippen LogP contribution in [0.5, 0.6) is 5.75 Å². The first-order chi connectivity index (χ1) is 12.0. The van der Waals surface area contributed by atoms with Gasteiger partial charge in [0.25, 0.3) is 5.91 Å². The van der Waals surface area contributed by atoms with Crippen LogP contribution in [0.15, 0.2) is 18.2 Å². The smallest absolute Gasteiger partial charge is 0.317 e. The Kier molecular flexibility index (Phi) is 5.40. The number of hydrogen-bond acceptors (Lipinski definition) is 3. The molecule has 1 saturated carbocycles. The van der Waals surface area contributed by atoms with Crippen molar-refractivity contribution in [3.8, 4) is 5.75 Å². The number of benzene rings is 1. The van der Waals surface area contributed by atoms with Crippen molar-refractivity contribution in [2.75, 3.05) is 26.2 Å². The van der Waals surface area contributed by atoms with Crippen LogP contribution < -0.4 is 5.32 Å². The van der Waals surface area contributed by atoms with E-state index in [1.54, 1.807) is 9.80 Å². The lowest BCUT2D eigenvalue weighted by molar-refractivity contribution is 0.0658. The number of rotatable bonds is 2. The molecule has 1 aromatic rings. The number of piperazine rings is 1. The summed E-state index contributed by atoms with van der Waals surface area (Å²) in [5, 5.41) is 12.3. The number of amides is 3. The van der Waals surface area contributed by atoms with E-state index in [4.69, 9.17) is 0 Å². The zero-order valence-corrected chi connectivity index (χ0v) is 14.2. The lowest BCUT2D eigenvalue weighted by Gasteiger charge is -2.36. The van der Waals surface area contributed by atoms with Crippen LogP contribution in [0, 0.1) is 5.82 Å². The minimum Gasteiger partial charge on any atom is -0.508 e. The first kappa shape index (κ1) is 17.5. The second-order valence-electron chi connectivity index (χ2n) is 6.73. The molecule has 1 aromatic carbocycles. The van der Waals surface area contributed by atoms with E-state index in [1.807, 2.05) is 0 Å². The maximum atomic E-state index is 13.8. The average Bonchev–Trinajstić information content (AvgIpc) is 2.62. The number of aromatic hydroxyl groups is 1. The first-order valence-corrected chi connectivity index (χ1v) is 8.88. The van der Waals surface area contributed by atoms with E-state index in [-0.39, 0.29) is 23.4 Å². The van der Waals surface area contributed by atoms with E-state index in [2.05, 4.69) is 5.32 Å². The van der Waals surface area contributed by atoms with E-state index in [0.717, 1.165) is 31.7 Å². The third kappa shape index (κ3) is 4.21. The van der Waals surface area contributed by atoms with Crippen LogP contribution in [0.3, 0.4) is 0 Å². The zero-order valence-electron chi connectivity index (χ0n) is 14.2. The van der Waals surface area contributed by atoms with Gasteiger partial charge in [-0.2, -0.15) is 0 Å². The summed E-state index contributed by atoms with van der Waals surface area (Å²) in [5.41, 5.74) is -0.0575. The molecule has 3 rings (SSSR count). The molecule has 0 bridgehead atoms. The van der Waals surface area contributed by atoms with Gasteiger partial charge in [0, 0.05) is 38.3 Å². The minimum atomic E-state index is -0.734. The molecule has 136 valence electrons. The summed E-state index contributed by atoms with van der Waals surface area (Å²) in [6.07, 6.45) is 5.62. The monoisotopic (exact) mass is 349 g/mol. The molecule has 0 radical (unpaired) electrons. The Morgan fingerprint density at radius 3 is 2.32 bits per heavy atom. The van der Waals surface area contributed by atoms with Crippen LogP contribution >= 0.6 is 0 Å². The first-order valence-electron chi connectivity index (χ1n) is 8.88. The maximum absolute atomic E-state index is 13.8. The number of urea groups is 1.